The van der Waals surface area contributed by atoms with Crippen molar-refractivity contribution >= 4 is 29.1 Å². The van der Waals surface area contributed by atoms with E-state index in [9.17, 15) is 4.79 Å². The average molecular weight is 561 g/mol. The number of esters is 1. The van der Waals surface area contributed by atoms with Crippen LogP contribution in [0.15, 0.2) is 43.1 Å². The predicted octanol–water partition coefficient (Wildman–Crippen LogP) is 4.02. The van der Waals surface area contributed by atoms with Gasteiger partial charge in [0.15, 0.2) is 17.4 Å². The molecule has 2 N–H and O–H groups in total. The summed E-state index contributed by atoms with van der Waals surface area (Å²) in [5, 5.41) is 15.3. The monoisotopic (exact) mass is 560 g/mol. The number of methoxy groups -OCH3 is 1. The Labute approximate surface area is 238 Å². The molecule has 5 rings (SSSR count). The maximum atomic E-state index is 12.8. The van der Waals surface area contributed by atoms with Crippen LogP contribution in [0.1, 0.15) is 43.0 Å². The largest absolute Gasteiger partial charge is 0.494 e. The van der Waals surface area contributed by atoms with Crippen molar-refractivity contribution in [3.8, 4) is 17.1 Å². The fourth-order valence-corrected chi connectivity index (χ4v) is 4.99. The van der Waals surface area contributed by atoms with Gasteiger partial charge in [-0.1, -0.05) is 12.5 Å². The fraction of sp³-hybridized carbons (Fsp3) is 0.429. The second kappa shape index (κ2) is 12.8. The number of anilines is 4. The second-order valence-corrected chi connectivity index (χ2v) is 9.97. The minimum Gasteiger partial charge on any atom is -0.494 e. The number of hydrogen-bond donors (Lipinski definition) is 2. The number of aromatic nitrogens is 7. The molecule has 1 aliphatic rings. The van der Waals surface area contributed by atoms with Crippen LogP contribution in [-0.4, -0.2) is 78.7 Å². The molecule has 1 atom stereocenters. The highest BCUT2D eigenvalue weighted by Crippen LogP contribution is 2.37. The van der Waals surface area contributed by atoms with Gasteiger partial charge >= 0.3 is 5.97 Å². The number of nitrogens with zero attached hydrogens (tertiary/aromatic N) is 8. The first-order valence-electron chi connectivity index (χ1n) is 13.8. The molecule has 4 heterocycles. The van der Waals surface area contributed by atoms with Crippen molar-refractivity contribution in [2.24, 2.45) is 7.05 Å². The van der Waals surface area contributed by atoms with E-state index in [1.54, 1.807) is 38.3 Å². The van der Waals surface area contributed by atoms with Crippen LogP contribution in [0.25, 0.3) is 11.4 Å². The zero-order chi connectivity index (χ0) is 28.8. The summed E-state index contributed by atoms with van der Waals surface area (Å²) in [5.41, 5.74) is 2.20. The van der Waals surface area contributed by atoms with Crippen molar-refractivity contribution in [1.29, 1.82) is 0 Å². The van der Waals surface area contributed by atoms with E-state index in [2.05, 4.69) is 47.7 Å². The highest BCUT2D eigenvalue weighted by atomic mass is 16.5. The zero-order valence-electron chi connectivity index (χ0n) is 23.9. The number of para-hydroxylation sites is 1. The molecule has 1 unspecified atom stereocenters. The quantitative estimate of drug-likeness (QED) is 0.257. The predicted molar refractivity (Wildman–Crippen MR) is 155 cm³/mol. The molecule has 0 aliphatic carbocycles. The number of carbonyl (C=O) groups is 1. The Balaban J connectivity index is 1.37. The topological polar surface area (TPSA) is 137 Å². The van der Waals surface area contributed by atoms with Crippen molar-refractivity contribution in [2.45, 2.75) is 45.2 Å². The molecule has 216 valence electrons. The third-order valence-electron chi connectivity index (χ3n) is 7.10. The number of piperidine rings is 1. The summed E-state index contributed by atoms with van der Waals surface area (Å²) in [6, 6.07) is 6.12. The van der Waals surface area contributed by atoms with Gasteiger partial charge in [0.25, 0.3) is 0 Å². The van der Waals surface area contributed by atoms with Gasteiger partial charge in [0, 0.05) is 32.0 Å². The SMILES string of the molecule is CCOC(=O)c1cnc(Nc2cnn(CCC3CCCCN3C)c2)nc1Nc1cccc(-c2ncn(C)n2)c1OC. The van der Waals surface area contributed by atoms with Gasteiger partial charge in [-0.15, -0.1) is 0 Å². The third-order valence-corrected chi connectivity index (χ3v) is 7.10. The van der Waals surface area contributed by atoms with E-state index in [0.717, 1.165) is 25.2 Å². The van der Waals surface area contributed by atoms with Crippen molar-refractivity contribution in [2.75, 3.05) is 37.9 Å². The normalized spacial score (nSPS) is 15.5. The summed E-state index contributed by atoms with van der Waals surface area (Å²) in [7, 11) is 5.56. The van der Waals surface area contributed by atoms with Gasteiger partial charge in [0.05, 0.1) is 36.9 Å². The molecule has 13 nitrogen and oxygen atoms in total. The molecule has 0 spiro atoms. The summed E-state index contributed by atoms with van der Waals surface area (Å²) in [6.45, 7) is 3.95. The van der Waals surface area contributed by atoms with Crippen LogP contribution in [0.3, 0.4) is 0 Å². The van der Waals surface area contributed by atoms with E-state index in [1.807, 2.05) is 29.1 Å². The Morgan fingerprint density at radius 2 is 2.02 bits per heavy atom. The molecule has 0 amide bonds. The van der Waals surface area contributed by atoms with Crippen LogP contribution < -0.4 is 15.4 Å². The molecule has 0 bridgehead atoms. The average Bonchev–Trinajstić information content (AvgIpc) is 3.61. The third kappa shape index (κ3) is 6.62. The number of aryl methyl sites for hydroxylation is 2. The molecule has 13 heteroatoms. The molecule has 41 heavy (non-hydrogen) atoms. The molecule has 0 radical (unpaired) electrons. The second-order valence-electron chi connectivity index (χ2n) is 9.97. The summed E-state index contributed by atoms with van der Waals surface area (Å²) in [6.07, 6.45) is 11.6. The van der Waals surface area contributed by atoms with Crippen LogP contribution >= 0.6 is 0 Å². The number of nitrogens with one attached hydrogen (secondary N) is 2. The van der Waals surface area contributed by atoms with Crippen LogP contribution in [-0.2, 0) is 18.3 Å². The molecule has 3 aromatic heterocycles. The number of ether oxygens (including phenoxy) is 2. The van der Waals surface area contributed by atoms with Crippen molar-refractivity contribution in [3.63, 3.8) is 0 Å². The van der Waals surface area contributed by atoms with Gasteiger partial charge in [-0.25, -0.2) is 14.8 Å². The van der Waals surface area contributed by atoms with E-state index in [4.69, 9.17) is 9.47 Å². The molecule has 4 aromatic rings. The van der Waals surface area contributed by atoms with Gasteiger partial charge in [0.1, 0.15) is 11.9 Å². The summed E-state index contributed by atoms with van der Waals surface area (Å²) < 4.78 is 14.5. The Morgan fingerprint density at radius 3 is 2.78 bits per heavy atom. The van der Waals surface area contributed by atoms with Gasteiger partial charge in [0.2, 0.25) is 5.95 Å². The van der Waals surface area contributed by atoms with Crippen molar-refractivity contribution in [3.05, 3.63) is 48.7 Å². The lowest BCUT2D eigenvalue weighted by atomic mass is 10.0. The number of benzene rings is 1. The van der Waals surface area contributed by atoms with Gasteiger partial charge < -0.3 is 25.0 Å². The Kier molecular flexibility index (Phi) is 8.73. The minimum absolute atomic E-state index is 0.188. The van der Waals surface area contributed by atoms with Crippen LogP contribution in [0.2, 0.25) is 0 Å². The Morgan fingerprint density at radius 1 is 1.15 bits per heavy atom. The first-order chi connectivity index (χ1) is 19.9. The van der Waals surface area contributed by atoms with E-state index in [1.165, 1.54) is 25.5 Å². The number of hydrogen-bond acceptors (Lipinski definition) is 11. The molecule has 1 fully saturated rings. The van der Waals surface area contributed by atoms with E-state index >= 15 is 0 Å². The standard InChI is InChI=1S/C28H36N10O3/c1-5-41-27(39)22-16-29-28(32-19-15-31-38(17-19)14-12-20-9-6-7-13-36(20)2)34-26(22)33-23-11-8-10-21(24(23)40-4)25-30-18-37(3)35-25/h8,10-11,15-18,20H,5-7,9,12-14H2,1-4H3,(H2,29,32,33,34). The molecular formula is C28H36N10O3. The first-order valence-corrected chi connectivity index (χ1v) is 13.8. The molecule has 1 aromatic carbocycles. The van der Waals surface area contributed by atoms with Crippen LogP contribution in [0.5, 0.6) is 5.75 Å². The fourth-order valence-electron chi connectivity index (χ4n) is 4.99. The lowest BCUT2D eigenvalue weighted by Gasteiger charge is -2.32. The smallest absolute Gasteiger partial charge is 0.343 e. The summed E-state index contributed by atoms with van der Waals surface area (Å²) in [4.78, 5) is 28.5. The first kappa shape index (κ1) is 28.0. The molecule has 1 saturated heterocycles. The number of rotatable bonds is 11. The summed E-state index contributed by atoms with van der Waals surface area (Å²) in [5.74, 6) is 1.04. The highest BCUT2D eigenvalue weighted by Gasteiger charge is 2.21. The number of likely N-dealkylation sites (tertiary alicyclic amines) is 1. The van der Waals surface area contributed by atoms with Crippen LogP contribution in [0.4, 0.5) is 23.1 Å². The van der Waals surface area contributed by atoms with Crippen molar-refractivity contribution < 1.29 is 14.3 Å². The molecule has 0 saturated carbocycles. The van der Waals surface area contributed by atoms with Gasteiger partial charge in [-0.3, -0.25) is 9.36 Å². The van der Waals surface area contributed by atoms with E-state index < -0.39 is 5.97 Å². The van der Waals surface area contributed by atoms with Gasteiger partial charge in [-0.2, -0.15) is 15.2 Å². The number of carbonyl (C=O) groups excluding carboxylic acids is 1. The molecular weight excluding hydrogens is 524 g/mol. The van der Waals surface area contributed by atoms with Crippen LogP contribution in [0, 0.1) is 0 Å². The minimum atomic E-state index is -0.538. The summed E-state index contributed by atoms with van der Waals surface area (Å²) >= 11 is 0. The van der Waals surface area contributed by atoms with Crippen molar-refractivity contribution in [1.82, 2.24) is 39.4 Å². The lowest BCUT2D eigenvalue weighted by molar-refractivity contribution is 0.0526. The Bertz CT molecular complexity index is 1480. The molecule has 1 aliphatic heterocycles. The Hall–Kier alpha value is -4.52. The van der Waals surface area contributed by atoms with E-state index in [0.29, 0.717) is 34.8 Å². The maximum absolute atomic E-state index is 12.8. The maximum Gasteiger partial charge on any atom is 0.343 e. The van der Waals surface area contributed by atoms with Gasteiger partial charge in [-0.05, 0) is 51.9 Å². The zero-order valence-corrected chi connectivity index (χ0v) is 23.9. The van der Waals surface area contributed by atoms with E-state index in [-0.39, 0.29) is 18.0 Å². The highest BCUT2D eigenvalue weighted by molar-refractivity contribution is 5.96. The lowest BCUT2D eigenvalue weighted by Crippen LogP contribution is -2.36.